The molecule has 78 valence electrons. The molecule has 5 heteroatoms. The van der Waals surface area contributed by atoms with E-state index in [1.165, 1.54) is 26.4 Å². The maximum absolute atomic E-state index is 12.4. The lowest BCUT2D eigenvalue weighted by molar-refractivity contribution is 0.151. The summed E-state index contributed by atoms with van der Waals surface area (Å²) in [4.78, 5) is 0. The van der Waals surface area contributed by atoms with Crippen LogP contribution in [0.5, 0.6) is 11.5 Å². The zero-order chi connectivity index (χ0) is 10.7. The molecule has 0 fully saturated rings. The van der Waals surface area contributed by atoms with Crippen molar-refractivity contribution < 1.29 is 18.3 Å². The van der Waals surface area contributed by atoms with Gasteiger partial charge < -0.3 is 9.47 Å². The molecule has 1 rings (SSSR count). The van der Waals surface area contributed by atoms with Crippen molar-refractivity contribution in [2.24, 2.45) is 0 Å². The average Bonchev–Trinajstić information content (AvgIpc) is 2.16. The Hall–Kier alpha value is -1.03. The van der Waals surface area contributed by atoms with Crippen LogP contribution in [0, 0.1) is 0 Å². The summed E-state index contributed by atoms with van der Waals surface area (Å²) in [5.41, 5.74) is -0.260. The molecule has 0 saturated carbocycles. The molecule has 0 radical (unpaired) electrons. The number of ether oxygens (including phenoxy) is 2. The summed E-state index contributed by atoms with van der Waals surface area (Å²) in [6.07, 6.45) is -2.62. The highest BCUT2D eigenvalue weighted by Crippen LogP contribution is 2.40. The van der Waals surface area contributed by atoms with Crippen molar-refractivity contribution in [3.63, 3.8) is 0 Å². The van der Waals surface area contributed by atoms with Crippen molar-refractivity contribution in [1.29, 1.82) is 0 Å². The monoisotopic (exact) mass is 222 g/mol. The minimum atomic E-state index is -2.62. The Morgan fingerprint density at radius 1 is 1.21 bits per heavy atom. The lowest BCUT2D eigenvalue weighted by Crippen LogP contribution is -1.95. The molecule has 1 aromatic rings. The minimum Gasteiger partial charge on any atom is -0.493 e. The summed E-state index contributed by atoms with van der Waals surface area (Å²) in [7, 11) is 2.76. The van der Waals surface area contributed by atoms with Crippen LogP contribution in [-0.2, 0) is 0 Å². The van der Waals surface area contributed by atoms with E-state index < -0.39 is 6.43 Å². The largest absolute Gasteiger partial charge is 0.493 e. The van der Waals surface area contributed by atoms with Crippen LogP contribution in [0.15, 0.2) is 12.1 Å². The number of methoxy groups -OCH3 is 2. The molecule has 0 aliphatic rings. The Kier molecular flexibility index (Phi) is 3.52. The Bertz CT molecular complexity index is 329. The molecule has 14 heavy (non-hydrogen) atoms. The fourth-order valence-corrected chi connectivity index (χ4v) is 1.39. The number of halogens is 3. The highest BCUT2D eigenvalue weighted by molar-refractivity contribution is 6.33. The van der Waals surface area contributed by atoms with Gasteiger partial charge in [0.15, 0.2) is 11.5 Å². The van der Waals surface area contributed by atoms with E-state index in [0.717, 1.165) is 0 Å². The van der Waals surface area contributed by atoms with Gasteiger partial charge >= 0.3 is 0 Å². The summed E-state index contributed by atoms with van der Waals surface area (Å²) in [6.45, 7) is 0. The summed E-state index contributed by atoms with van der Waals surface area (Å²) < 4.78 is 34.6. The Labute approximate surface area is 85.4 Å². The second-order valence-electron chi connectivity index (χ2n) is 2.50. The SMILES string of the molecule is COc1ccc(C(F)F)c(Cl)c1OC. The molecule has 0 aliphatic carbocycles. The minimum absolute atomic E-state index is 0.109. The summed E-state index contributed by atoms with van der Waals surface area (Å²) in [5.74, 6) is 0.467. The van der Waals surface area contributed by atoms with Crippen molar-refractivity contribution in [2.75, 3.05) is 14.2 Å². The molecule has 0 heterocycles. The molecule has 0 saturated heterocycles. The van der Waals surface area contributed by atoms with E-state index in [1.54, 1.807) is 0 Å². The van der Waals surface area contributed by atoms with Crippen LogP contribution in [0.2, 0.25) is 5.02 Å². The van der Waals surface area contributed by atoms with Gasteiger partial charge in [0.05, 0.1) is 19.2 Å². The third-order valence-electron chi connectivity index (χ3n) is 1.75. The van der Waals surface area contributed by atoms with Crippen molar-refractivity contribution in [3.8, 4) is 11.5 Å². The van der Waals surface area contributed by atoms with Gasteiger partial charge in [0.25, 0.3) is 6.43 Å². The predicted molar refractivity (Wildman–Crippen MR) is 49.5 cm³/mol. The third-order valence-corrected chi connectivity index (χ3v) is 2.14. The van der Waals surface area contributed by atoms with Crippen LogP contribution in [0.1, 0.15) is 12.0 Å². The number of benzene rings is 1. The van der Waals surface area contributed by atoms with Gasteiger partial charge in [0.2, 0.25) is 0 Å². The number of rotatable bonds is 3. The van der Waals surface area contributed by atoms with E-state index in [9.17, 15) is 8.78 Å². The summed E-state index contributed by atoms with van der Waals surface area (Å²) in [5, 5.41) is -0.109. The van der Waals surface area contributed by atoms with Gasteiger partial charge in [0, 0.05) is 5.56 Å². The molecule has 0 aliphatic heterocycles. The Morgan fingerprint density at radius 2 is 1.86 bits per heavy atom. The molecule has 0 atom stereocenters. The fourth-order valence-electron chi connectivity index (χ4n) is 1.07. The third kappa shape index (κ3) is 1.90. The first-order valence-corrected chi connectivity index (χ1v) is 4.18. The normalized spacial score (nSPS) is 10.4. The first kappa shape index (κ1) is 11.0. The quantitative estimate of drug-likeness (QED) is 0.781. The number of alkyl halides is 2. The molecule has 2 nitrogen and oxygen atoms in total. The maximum Gasteiger partial charge on any atom is 0.265 e. The van der Waals surface area contributed by atoms with Crippen molar-refractivity contribution in [1.82, 2.24) is 0 Å². The smallest absolute Gasteiger partial charge is 0.265 e. The van der Waals surface area contributed by atoms with E-state index in [0.29, 0.717) is 5.75 Å². The molecular weight excluding hydrogens is 214 g/mol. The van der Waals surface area contributed by atoms with Crippen molar-refractivity contribution >= 4 is 11.6 Å². The molecule has 0 bridgehead atoms. The highest BCUT2D eigenvalue weighted by atomic mass is 35.5. The maximum atomic E-state index is 12.4. The van der Waals surface area contributed by atoms with Crippen LogP contribution < -0.4 is 9.47 Å². The average molecular weight is 223 g/mol. The number of hydrogen-bond donors (Lipinski definition) is 0. The van der Waals surface area contributed by atoms with Crippen LogP contribution in [0.25, 0.3) is 0 Å². The van der Waals surface area contributed by atoms with Gasteiger partial charge in [-0.1, -0.05) is 11.6 Å². The van der Waals surface area contributed by atoms with Crippen LogP contribution in [-0.4, -0.2) is 14.2 Å². The van der Waals surface area contributed by atoms with Crippen LogP contribution >= 0.6 is 11.6 Å². The first-order valence-electron chi connectivity index (χ1n) is 3.80. The van der Waals surface area contributed by atoms with E-state index in [4.69, 9.17) is 21.1 Å². The van der Waals surface area contributed by atoms with Crippen LogP contribution in [0.3, 0.4) is 0 Å². The van der Waals surface area contributed by atoms with Gasteiger partial charge in [-0.25, -0.2) is 8.78 Å². The molecule has 0 aromatic heterocycles. The summed E-state index contributed by atoms with van der Waals surface area (Å²) in [6, 6.07) is 2.61. The van der Waals surface area contributed by atoms with Gasteiger partial charge in [-0.2, -0.15) is 0 Å². The fraction of sp³-hybridized carbons (Fsp3) is 0.333. The first-order chi connectivity index (χ1) is 6.61. The van der Waals surface area contributed by atoms with Gasteiger partial charge in [0.1, 0.15) is 0 Å². The molecular formula is C9H9ClF2O2. The molecule has 0 N–H and O–H groups in total. The highest BCUT2D eigenvalue weighted by Gasteiger charge is 2.18. The van der Waals surface area contributed by atoms with Gasteiger partial charge in [-0.05, 0) is 12.1 Å². The van der Waals surface area contributed by atoms with Crippen LogP contribution in [0.4, 0.5) is 8.78 Å². The molecule has 0 amide bonds. The lowest BCUT2D eigenvalue weighted by Gasteiger charge is -2.11. The summed E-state index contributed by atoms with van der Waals surface area (Å²) >= 11 is 5.70. The van der Waals surface area contributed by atoms with Gasteiger partial charge in [-0.3, -0.25) is 0 Å². The molecule has 0 spiro atoms. The zero-order valence-corrected chi connectivity index (χ0v) is 8.44. The predicted octanol–water partition coefficient (Wildman–Crippen LogP) is 3.29. The van der Waals surface area contributed by atoms with E-state index in [-0.39, 0.29) is 16.3 Å². The van der Waals surface area contributed by atoms with E-state index >= 15 is 0 Å². The van der Waals surface area contributed by atoms with Gasteiger partial charge in [-0.15, -0.1) is 0 Å². The standard InChI is InChI=1S/C9H9ClF2O2/c1-13-6-4-3-5(9(11)12)7(10)8(6)14-2/h3-4,9H,1-2H3. The van der Waals surface area contributed by atoms with Crippen molar-refractivity contribution in [2.45, 2.75) is 6.43 Å². The molecule has 1 aromatic carbocycles. The van der Waals surface area contributed by atoms with E-state index in [2.05, 4.69) is 0 Å². The Morgan fingerprint density at radius 3 is 2.29 bits per heavy atom. The number of hydrogen-bond acceptors (Lipinski definition) is 2. The second-order valence-corrected chi connectivity index (χ2v) is 2.88. The van der Waals surface area contributed by atoms with Crippen molar-refractivity contribution in [3.05, 3.63) is 22.7 Å². The van der Waals surface area contributed by atoms with E-state index in [1.807, 2.05) is 0 Å². The molecule has 0 unspecified atom stereocenters. The second kappa shape index (κ2) is 4.46. The zero-order valence-electron chi connectivity index (χ0n) is 7.68. The topological polar surface area (TPSA) is 18.5 Å². The Balaban J connectivity index is 3.27. The lowest BCUT2D eigenvalue weighted by atomic mass is 10.2.